The van der Waals surface area contributed by atoms with Crippen LogP contribution in [0.3, 0.4) is 0 Å². The van der Waals surface area contributed by atoms with E-state index in [0.29, 0.717) is 21.7 Å². The third-order valence-corrected chi connectivity index (χ3v) is 3.68. The Morgan fingerprint density at radius 2 is 1.82 bits per heavy atom. The minimum atomic E-state index is 0.522. The SMILES string of the molecule is COc1ccccc1CCNC(=S)Nc1cc(Cl)cc(Cl)c1. The Hall–Kier alpha value is -1.49. The van der Waals surface area contributed by atoms with E-state index in [1.165, 1.54) is 0 Å². The molecule has 0 aliphatic rings. The number of rotatable bonds is 5. The van der Waals surface area contributed by atoms with Crippen LogP contribution < -0.4 is 15.4 Å². The zero-order valence-corrected chi connectivity index (χ0v) is 14.4. The predicted octanol–water partition coefficient (Wildman–Crippen LogP) is 4.53. The molecule has 0 heterocycles. The quantitative estimate of drug-likeness (QED) is 0.772. The zero-order chi connectivity index (χ0) is 15.9. The smallest absolute Gasteiger partial charge is 0.170 e. The molecule has 2 aromatic carbocycles. The van der Waals surface area contributed by atoms with Gasteiger partial charge in [-0.3, -0.25) is 0 Å². The van der Waals surface area contributed by atoms with Crippen LogP contribution in [-0.2, 0) is 6.42 Å². The summed E-state index contributed by atoms with van der Waals surface area (Å²) < 4.78 is 5.32. The molecular formula is C16H16Cl2N2OS. The number of thiocarbonyl (C=S) groups is 1. The Morgan fingerprint density at radius 3 is 2.50 bits per heavy atom. The average molecular weight is 355 g/mol. The molecule has 3 nitrogen and oxygen atoms in total. The van der Waals surface area contributed by atoms with Crippen LogP contribution in [0.25, 0.3) is 0 Å². The van der Waals surface area contributed by atoms with Crippen molar-refractivity contribution in [2.24, 2.45) is 0 Å². The van der Waals surface area contributed by atoms with Crippen LogP contribution in [0.1, 0.15) is 5.56 Å². The molecule has 0 aliphatic heterocycles. The molecule has 2 N–H and O–H groups in total. The number of hydrogen-bond acceptors (Lipinski definition) is 2. The Morgan fingerprint density at radius 1 is 1.14 bits per heavy atom. The summed E-state index contributed by atoms with van der Waals surface area (Å²) in [6, 6.07) is 13.1. The summed E-state index contributed by atoms with van der Waals surface area (Å²) in [4.78, 5) is 0. The first-order valence-electron chi connectivity index (χ1n) is 6.71. The number of methoxy groups -OCH3 is 1. The lowest BCUT2D eigenvalue weighted by Gasteiger charge is -2.12. The monoisotopic (exact) mass is 354 g/mol. The first-order chi connectivity index (χ1) is 10.6. The highest BCUT2D eigenvalue weighted by atomic mass is 35.5. The number of para-hydroxylation sites is 1. The second kappa shape index (κ2) is 8.22. The maximum atomic E-state index is 5.95. The largest absolute Gasteiger partial charge is 0.496 e. The lowest BCUT2D eigenvalue weighted by molar-refractivity contribution is 0.409. The Kier molecular flexibility index (Phi) is 6.31. The van der Waals surface area contributed by atoms with Gasteiger partial charge >= 0.3 is 0 Å². The second-order valence-corrected chi connectivity index (χ2v) is 5.88. The highest BCUT2D eigenvalue weighted by Crippen LogP contribution is 2.22. The molecule has 0 atom stereocenters. The van der Waals surface area contributed by atoms with Crippen molar-refractivity contribution in [1.82, 2.24) is 5.32 Å². The summed E-state index contributed by atoms with van der Waals surface area (Å²) in [6.07, 6.45) is 0.808. The lowest BCUT2D eigenvalue weighted by Crippen LogP contribution is -2.30. The van der Waals surface area contributed by atoms with Crippen LogP contribution in [0.15, 0.2) is 42.5 Å². The summed E-state index contributed by atoms with van der Waals surface area (Å²) >= 11 is 17.2. The van der Waals surface area contributed by atoms with E-state index in [1.807, 2.05) is 24.3 Å². The predicted molar refractivity (Wildman–Crippen MR) is 97.4 cm³/mol. The number of halogens is 2. The maximum absolute atomic E-state index is 5.95. The van der Waals surface area contributed by atoms with Crippen molar-refractivity contribution in [3.05, 3.63) is 58.1 Å². The van der Waals surface area contributed by atoms with Gasteiger partial charge in [-0.05, 0) is 48.5 Å². The van der Waals surface area contributed by atoms with Crippen molar-refractivity contribution < 1.29 is 4.74 Å². The van der Waals surface area contributed by atoms with Gasteiger partial charge in [-0.15, -0.1) is 0 Å². The molecule has 0 saturated carbocycles. The Bertz CT molecular complexity index is 644. The molecule has 0 amide bonds. The minimum Gasteiger partial charge on any atom is -0.496 e. The molecule has 2 aromatic rings. The number of anilines is 1. The molecule has 0 bridgehead atoms. The summed E-state index contributed by atoms with van der Waals surface area (Å²) in [5.41, 5.74) is 1.89. The normalized spacial score (nSPS) is 10.1. The van der Waals surface area contributed by atoms with E-state index in [1.54, 1.807) is 25.3 Å². The molecular weight excluding hydrogens is 339 g/mol. The van der Waals surface area contributed by atoms with Crippen LogP contribution in [0.5, 0.6) is 5.75 Å². The number of ether oxygens (including phenoxy) is 1. The Labute approximate surface area is 145 Å². The van der Waals surface area contributed by atoms with Gasteiger partial charge in [0, 0.05) is 22.3 Å². The van der Waals surface area contributed by atoms with Crippen LogP contribution >= 0.6 is 35.4 Å². The summed E-state index contributed by atoms with van der Waals surface area (Å²) in [5.74, 6) is 0.879. The molecule has 6 heteroatoms. The molecule has 0 aromatic heterocycles. The summed E-state index contributed by atoms with van der Waals surface area (Å²) in [5, 5.41) is 7.85. The van der Waals surface area contributed by atoms with Gasteiger partial charge in [-0.1, -0.05) is 41.4 Å². The van der Waals surface area contributed by atoms with Gasteiger partial charge in [0.1, 0.15) is 5.75 Å². The second-order valence-electron chi connectivity index (χ2n) is 4.60. The third-order valence-electron chi connectivity index (χ3n) is 2.99. The van der Waals surface area contributed by atoms with Crippen molar-refractivity contribution in [3.63, 3.8) is 0 Å². The van der Waals surface area contributed by atoms with Crippen molar-refractivity contribution in [2.75, 3.05) is 19.0 Å². The fourth-order valence-corrected chi connectivity index (χ4v) is 2.77. The number of benzene rings is 2. The van der Waals surface area contributed by atoms with Crippen molar-refractivity contribution in [2.45, 2.75) is 6.42 Å². The van der Waals surface area contributed by atoms with Gasteiger partial charge in [0.15, 0.2) is 5.11 Å². The Balaban J connectivity index is 1.85. The fourth-order valence-electron chi connectivity index (χ4n) is 2.02. The van der Waals surface area contributed by atoms with Crippen LogP contribution in [0.2, 0.25) is 10.0 Å². The van der Waals surface area contributed by atoms with Gasteiger partial charge in [0.05, 0.1) is 7.11 Å². The van der Waals surface area contributed by atoms with Crippen LogP contribution in [0.4, 0.5) is 5.69 Å². The topological polar surface area (TPSA) is 33.3 Å². The van der Waals surface area contributed by atoms with Gasteiger partial charge in [0.2, 0.25) is 0 Å². The average Bonchev–Trinajstić information content (AvgIpc) is 2.46. The van der Waals surface area contributed by atoms with E-state index in [4.69, 9.17) is 40.2 Å². The molecule has 0 fully saturated rings. The number of nitrogens with one attached hydrogen (secondary N) is 2. The summed E-state index contributed by atoms with van der Waals surface area (Å²) in [6.45, 7) is 0.695. The molecule has 0 radical (unpaired) electrons. The fraction of sp³-hybridized carbons (Fsp3) is 0.188. The van der Waals surface area contributed by atoms with Gasteiger partial charge in [-0.2, -0.15) is 0 Å². The summed E-state index contributed by atoms with van der Waals surface area (Å²) in [7, 11) is 1.67. The van der Waals surface area contributed by atoms with E-state index in [9.17, 15) is 0 Å². The molecule has 0 saturated heterocycles. The third kappa shape index (κ3) is 5.05. The highest BCUT2D eigenvalue weighted by molar-refractivity contribution is 7.80. The van der Waals surface area contributed by atoms with Crippen molar-refractivity contribution in [1.29, 1.82) is 0 Å². The lowest BCUT2D eigenvalue weighted by atomic mass is 10.1. The zero-order valence-electron chi connectivity index (χ0n) is 12.0. The van der Waals surface area contributed by atoms with Crippen LogP contribution in [-0.4, -0.2) is 18.8 Å². The first kappa shape index (κ1) is 16.9. The van der Waals surface area contributed by atoms with E-state index in [0.717, 1.165) is 23.4 Å². The molecule has 2 rings (SSSR count). The molecule has 116 valence electrons. The van der Waals surface area contributed by atoms with Gasteiger partial charge in [-0.25, -0.2) is 0 Å². The number of hydrogen-bond donors (Lipinski definition) is 2. The van der Waals surface area contributed by atoms with Gasteiger partial charge < -0.3 is 15.4 Å². The van der Waals surface area contributed by atoms with Gasteiger partial charge in [0.25, 0.3) is 0 Å². The van der Waals surface area contributed by atoms with Crippen molar-refractivity contribution >= 4 is 46.2 Å². The molecule has 0 spiro atoms. The van der Waals surface area contributed by atoms with Crippen LogP contribution in [0, 0.1) is 0 Å². The molecule has 0 unspecified atom stereocenters. The minimum absolute atomic E-state index is 0.522. The first-order valence-corrected chi connectivity index (χ1v) is 7.88. The van der Waals surface area contributed by atoms with E-state index >= 15 is 0 Å². The van der Waals surface area contributed by atoms with Crippen molar-refractivity contribution in [3.8, 4) is 5.75 Å². The molecule has 22 heavy (non-hydrogen) atoms. The molecule has 0 aliphatic carbocycles. The van der Waals surface area contributed by atoms with E-state index < -0.39 is 0 Å². The van der Waals surface area contributed by atoms with E-state index in [-0.39, 0.29) is 0 Å². The van der Waals surface area contributed by atoms with E-state index in [2.05, 4.69) is 10.6 Å². The maximum Gasteiger partial charge on any atom is 0.170 e. The standard InChI is InChI=1S/C16H16Cl2N2OS/c1-21-15-5-3-2-4-11(15)6-7-19-16(22)20-14-9-12(17)8-13(18)10-14/h2-5,8-10H,6-7H2,1H3,(H2,19,20,22). The highest BCUT2D eigenvalue weighted by Gasteiger charge is 2.03.